The van der Waals surface area contributed by atoms with E-state index in [2.05, 4.69) is 32.9 Å². The van der Waals surface area contributed by atoms with Crippen molar-refractivity contribution >= 4 is 17.9 Å². The number of unbranched alkanes of at least 4 members (excludes halogenated alkanes) is 20. The lowest BCUT2D eigenvalue weighted by Gasteiger charge is -2.18. The van der Waals surface area contributed by atoms with E-state index in [1.54, 1.807) is 0 Å². The summed E-state index contributed by atoms with van der Waals surface area (Å²) in [5.74, 6) is -0.897. The average Bonchev–Trinajstić information content (AvgIpc) is 3.02. The molecular formula is C38H70O6. The van der Waals surface area contributed by atoms with Gasteiger partial charge in [-0.25, -0.2) is 0 Å². The zero-order valence-electron chi connectivity index (χ0n) is 29.2. The Morgan fingerprint density at radius 2 is 0.773 bits per heavy atom. The molecule has 0 aliphatic carbocycles. The first-order valence-corrected chi connectivity index (χ1v) is 18.7. The van der Waals surface area contributed by atoms with E-state index in [1.165, 1.54) is 89.9 Å². The molecule has 0 aromatic rings. The van der Waals surface area contributed by atoms with Crippen molar-refractivity contribution in [2.45, 2.75) is 200 Å². The highest BCUT2D eigenvalue weighted by molar-refractivity contribution is 5.71. The maximum Gasteiger partial charge on any atom is 0.306 e. The van der Waals surface area contributed by atoms with Gasteiger partial charge in [-0.3, -0.25) is 14.4 Å². The van der Waals surface area contributed by atoms with Gasteiger partial charge in [0.1, 0.15) is 13.2 Å². The van der Waals surface area contributed by atoms with Gasteiger partial charge in [-0.1, -0.05) is 148 Å². The summed E-state index contributed by atoms with van der Waals surface area (Å²) in [4.78, 5) is 37.2. The summed E-state index contributed by atoms with van der Waals surface area (Å²) in [6.45, 7) is 6.49. The molecule has 0 heterocycles. The average molecular weight is 623 g/mol. The fourth-order valence-corrected chi connectivity index (χ4v) is 5.13. The summed E-state index contributed by atoms with van der Waals surface area (Å²) >= 11 is 0. The van der Waals surface area contributed by atoms with Crippen LogP contribution in [-0.2, 0) is 28.6 Å². The lowest BCUT2D eigenvalue weighted by Crippen LogP contribution is -2.30. The van der Waals surface area contributed by atoms with Gasteiger partial charge in [0.2, 0.25) is 0 Å². The first-order chi connectivity index (χ1) is 21.5. The molecule has 0 aliphatic rings. The fraction of sp³-hybridized carbons (Fsp3) is 0.868. The van der Waals surface area contributed by atoms with E-state index in [0.717, 1.165) is 64.2 Å². The number of carbonyl (C=O) groups is 3. The van der Waals surface area contributed by atoms with Gasteiger partial charge in [-0.2, -0.15) is 0 Å². The van der Waals surface area contributed by atoms with Gasteiger partial charge in [0, 0.05) is 19.3 Å². The minimum Gasteiger partial charge on any atom is -0.462 e. The molecule has 0 saturated heterocycles. The molecule has 0 fully saturated rings. The van der Waals surface area contributed by atoms with Gasteiger partial charge >= 0.3 is 17.9 Å². The monoisotopic (exact) mass is 623 g/mol. The second kappa shape index (κ2) is 34.0. The number of hydrogen-bond donors (Lipinski definition) is 0. The molecule has 0 N–H and O–H groups in total. The molecule has 0 radical (unpaired) electrons. The quantitative estimate of drug-likeness (QED) is 0.0313. The number of ether oxygens (including phenoxy) is 3. The Bertz CT molecular complexity index is 689. The molecule has 0 rings (SSSR count). The van der Waals surface area contributed by atoms with Crippen LogP contribution in [0.15, 0.2) is 12.2 Å². The Labute approximate surface area is 271 Å². The molecule has 1 atom stereocenters. The van der Waals surface area contributed by atoms with Crippen molar-refractivity contribution in [3.63, 3.8) is 0 Å². The summed E-state index contributed by atoms with van der Waals surface area (Å²) in [5, 5.41) is 0. The van der Waals surface area contributed by atoms with Crippen molar-refractivity contribution in [3.05, 3.63) is 12.2 Å². The summed E-state index contributed by atoms with van der Waals surface area (Å²) in [6, 6.07) is 0. The van der Waals surface area contributed by atoms with Gasteiger partial charge in [-0.15, -0.1) is 0 Å². The zero-order chi connectivity index (χ0) is 32.4. The molecule has 0 spiro atoms. The van der Waals surface area contributed by atoms with Crippen LogP contribution >= 0.6 is 0 Å². The highest BCUT2D eigenvalue weighted by Crippen LogP contribution is 2.13. The van der Waals surface area contributed by atoms with E-state index in [1.807, 2.05) is 0 Å². The van der Waals surface area contributed by atoms with Crippen LogP contribution in [0.1, 0.15) is 194 Å². The first kappa shape index (κ1) is 42.1. The lowest BCUT2D eigenvalue weighted by atomic mass is 10.1. The molecule has 0 aliphatic heterocycles. The van der Waals surface area contributed by atoms with E-state index >= 15 is 0 Å². The van der Waals surface area contributed by atoms with Crippen LogP contribution in [0.25, 0.3) is 0 Å². The molecule has 0 aromatic heterocycles. The zero-order valence-corrected chi connectivity index (χ0v) is 29.2. The van der Waals surface area contributed by atoms with Crippen LogP contribution in [0.5, 0.6) is 0 Å². The minimum atomic E-state index is -0.760. The third-order valence-corrected chi connectivity index (χ3v) is 8.02. The van der Waals surface area contributed by atoms with Crippen LogP contribution in [0, 0.1) is 0 Å². The molecule has 6 heteroatoms. The summed E-state index contributed by atoms with van der Waals surface area (Å²) in [6.07, 6.45) is 32.1. The number of carbonyl (C=O) groups excluding carboxylic acids is 3. The molecular weight excluding hydrogens is 552 g/mol. The SMILES string of the molecule is CCCC/C=C\CCCCCCCC(=O)OCC(COC(=O)CCCCCCCC)OC(=O)CCCCCCCCCCC. The molecule has 1 unspecified atom stereocenters. The second-order valence-electron chi connectivity index (χ2n) is 12.5. The van der Waals surface area contributed by atoms with Crippen molar-refractivity contribution in [1.82, 2.24) is 0 Å². The summed E-state index contributed by atoms with van der Waals surface area (Å²) in [5.41, 5.74) is 0. The topological polar surface area (TPSA) is 78.9 Å². The Kier molecular flexibility index (Phi) is 32.6. The van der Waals surface area contributed by atoms with Gasteiger partial charge < -0.3 is 14.2 Å². The lowest BCUT2D eigenvalue weighted by molar-refractivity contribution is -0.167. The van der Waals surface area contributed by atoms with Crippen molar-refractivity contribution in [2.75, 3.05) is 13.2 Å². The van der Waals surface area contributed by atoms with Gasteiger partial charge in [-0.05, 0) is 38.5 Å². The number of esters is 3. The molecule has 0 saturated carbocycles. The number of allylic oxidation sites excluding steroid dienone is 2. The van der Waals surface area contributed by atoms with Crippen LogP contribution in [-0.4, -0.2) is 37.2 Å². The predicted octanol–water partition coefficient (Wildman–Crippen LogP) is 11.1. The third-order valence-electron chi connectivity index (χ3n) is 8.02. The standard InChI is InChI=1S/C38H70O6/c1-4-7-10-13-16-18-19-21-22-25-28-31-37(40)43-34-35(33-42-36(39)30-27-24-15-12-9-6-3)44-38(41)32-29-26-23-20-17-14-11-8-5-2/h13,16,35H,4-12,14-15,17-34H2,1-3H3/b16-13-. The van der Waals surface area contributed by atoms with Crippen molar-refractivity contribution in [3.8, 4) is 0 Å². The smallest absolute Gasteiger partial charge is 0.306 e. The van der Waals surface area contributed by atoms with Crippen molar-refractivity contribution < 1.29 is 28.6 Å². The predicted molar refractivity (Wildman–Crippen MR) is 183 cm³/mol. The van der Waals surface area contributed by atoms with E-state index in [9.17, 15) is 14.4 Å². The normalized spacial score (nSPS) is 12.0. The van der Waals surface area contributed by atoms with Crippen molar-refractivity contribution in [2.24, 2.45) is 0 Å². The molecule has 258 valence electrons. The number of hydrogen-bond acceptors (Lipinski definition) is 6. The summed E-state index contributed by atoms with van der Waals surface area (Å²) in [7, 11) is 0. The van der Waals surface area contributed by atoms with E-state index in [0.29, 0.717) is 19.3 Å². The maximum absolute atomic E-state index is 12.5. The van der Waals surface area contributed by atoms with E-state index in [4.69, 9.17) is 14.2 Å². The number of rotatable bonds is 33. The largest absolute Gasteiger partial charge is 0.462 e. The Morgan fingerprint density at radius 3 is 1.20 bits per heavy atom. The third kappa shape index (κ3) is 31.6. The van der Waals surface area contributed by atoms with Crippen LogP contribution in [0.3, 0.4) is 0 Å². The molecule has 0 bridgehead atoms. The fourth-order valence-electron chi connectivity index (χ4n) is 5.13. The van der Waals surface area contributed by atoms with Crippen LogP contribution < -0.4 is 0 Å². The van der Waals surface area contributed by atoms with Crippen LogP contribution in [0.2, 0.25) is 0 Å². The van der Waals surface area contributed by atoms with Gasteiger partial charge in [0.25, 0.3) is 0 Å². The Hall–Kier alpha value is -1.85. The first-order valence-electron chi connectivity index (χ1n) is 18.7. The second-order valence-corrected chi connectivity index (χ2v) is 12.5. The molecule has 0 amide bonds. The van der Waals surface area contributed by atoms with Gasteiger partial charge in [0.15, 0.2) is 6.10 Å². The Morgan fingerprint density at radius 1 is 0.432 bits per heavy atom. The molecule has 6 nitrogen and oxygen atoms in total. The van der Waals surface area contributed by atoms with Gasteiger partial charge in [0.05, 0.1) is 0 Å². The Balaban J connectivity index is 4.33. The van der Waals surface area contributed by atoms with E-state index < -0.39 is 6.10 Å². The maximum atomic E-state index is 12.5. The minimum absolute atomic E-state index is 0.0711. The summed E-state index contributed by atoms with van der Waals surface area (Å²) < 4.78 is 16.5. The van der Waals surface area contributed by atoms with Crippen molar-refractivity contribution in [1.29, 1.82) is 0 Å². The van der Waals surface area contributed by atoms with Crippen LogP contribution in [0.4, 0.5) is 0 Å². The highest BCUT2D eigenvalue weighted by atomic mass is 16.6. The highest BCUT2D eigenvalue weighted by Gasteiger charge is 2.19. The molecule has 44 heavy (non-hydrogen) atoms. The molecule has 0 aromatic carbocycles. The van der Waals surface area contributed by atoms with E-state index in [-0.39, 0.29) is 31.1 Å².